The molecule has 8 nitrogen and oxygen atoms in total. The molecule has 1 amide bonds. The summed E-state index contributed by atoms with van der Waals surface area (Å²) in [5, 5.41) is 11.1. The fourth-order valence-corrected chi connectivity index (χ4v) is 4.11. The Kier molecular flexibility index (Phi) is 5.90. The van der Waals surface area contributed by atoms with Crippen molar-refractivity contribution in [2.24, 2.45) is 0 Å². The summed E-state index contributed by atoms with van der Waals surface area (Å²) in [5.41, 5.74) is 1.07. The maximum absolute atomic E-state index is 13.0. The van der Waals surface area contributed by atoms with Crippen LogP contribution < -0.4 is 9.47 Å². The number of likely N-dealkylation sites (tertiary alicyclic amines) is 1. The fourth-order valence-electron chi connectivity index (χ4n) is 4.11. The van der Waals surface area contributed by atoms with Gasteiger partial charge in [0.25, 0.3) is 11.7 Å². The number of benzene rings is 1. The molecule has 2 aliphatic heterocycles. The number of aliphatic hydroxyl groups is 1. The van der Waals surface area contributed by atoms with Crippen molar-refractivity contribution in [1.29, 1.82) is 0 Å². The number of hydrogen-bond donors (Lipinski definition) is 1. The van der Waals surface area contributed by atoms with Gasteiger partial charge in [0.15, 0.2) is 11.5 Å². The normalized spacial score (nSPS) is 22.7. The highest BCUT2D eigenvalue weighted by Gasteiger charge is 2.47. The highest BCUT2D eigenvalue weighted by molar-refractivity contribution is 6.46. The zero-order valence-electron chi connectivity index (χ0n) is 17.4. The van der Waals surface area contributed by atoms with Crippen molar-refractivity contribution in [3.05, 3.63) is 59.4 Å². The third-order valence-corrected chi connectivity index (χ3v) is 5.64. The van der Waals surface area contributed by atoms with Gasteiger partial charge in [-0.2, -0.15) is 0 Å². The van der Waals surface area contributed by atoms with Crippen LogP contribution in [0.4, 0.5) is 0 Å². The first kappa shape index (κ1) is 20.9. The Morgan fingerprint density at radius 1 is 1.16 bits per heavy atom. The highest BCUT2D eigenvalue weighted by atomic mass is 16.5. The molecule has 2 unspecified atom stereocenters. The van der Waals surface area contributed by atoms with Crippen molar-refractivity contribution in [2.45, 2.75) is 25.0 Å². The predicted octanol–water partition coefficient (Wildman–Crippen LogP) is 2.70. The number of ketones is 1. The van der Waals surface area contributed by atoms with E-state index in [0.717, 1.165) is 12.8 Å². The molecule has 2 fully saturated rings. The van der Waals surface area contributed by atoms with E-state index < -0.39 is 17.7 Å². The first-order valence-corrected chi connectivity index (χ1v) is 10.1. The molecule has 8 heteroatoms. The van der Waals surface area contributed by atoms with Gasteiger partial charge in [-0.05, 0) is 48.7 Å². The van der Waals surface area contributed by atoms with Crippen molar-refractivity contribution in [3.8, 4) is 11.5 Å². The number of pyridine rings is 1. The summed E-state index contributed by atoms with van der Waals surface area (Å²) in [7, 11) is 3.00. The first-order chi connectivity index (χ1) is 15.0. The Morgan fingerprint density at radius 3 is 2.55 bits per heavy atom. The molecular formula is C23H24N2O6. The number of nitrogens with zero attached hydrogens (tertiary/aromatic N) is 2. The summed E-state index contributed by atoms with van der Waals surface area (Å²) in [6.07, 6.45) is 4.79. The number of aliphatic hydroxyl groups excluding tert-OH is 1. The third-order valence-electron chi connectivity index (χ3n) is 5.64. The minimum Gasteiger partial charge on any atom is -0.507 e. The van der Waals surface area contributed by atoms with Crippen molar-refractivity contribution < 1.29 is 28.9 Å². The van der Waals surface area contributed by atoms with Crippen molar-refractivity contribution in [3.63, 3.8) is 0 Å². The quantitative estimate of drug-likeness (QED) is 0.432. The molecule has 0 saturated carbocycles. The van der Waals surface area contributed by atoms with E-state index in [-0.39, 0.29) is 24.0 Å². The molecule has 1 N–H and O–H groups in total. The van der Waals surface area contributed by atoms with Gasteiger partial charge in [-0.3, -0.25) is 14.6 Å². The number of rotatable bonds is 6. The molecule has 4 rings (SSSR count). The minimum absolute atomic E-state index is 0.0291. The topological polar surface area (TPSA) is 98.2 Å². The van der Waals surface area contributed by atoms with Crippen LogP contribution in [0, 0.1) is 0 Å². The van der Waals surface area contributed by atoms with Gasteiger partial charge < -0.3 is 24.2 Å². The van der Waals surface area contributed by atoms with E-state index in [9.17, 15) is 14.7 Å². The Labute approximate surface area is 180 Å². The Balaban J connectivity index is 1.82. The zero-order valence-corrected chi connectivity index (χ0v) is 17.4. The van der Waals surface area contributed by atoms with E-state index >= 15 is 0 Å². The molecule has 31 heavy (non-hydrogen) atoms. The highest BCUT2D eigenvalue weighted by Crippen LogP contribution is 2.41. The third kappa shape index (κ3) is 3.86. The summed E-state index contributed by atoms with van der Waals surface area (Å²) in [6.45, 7) is 0.917. The fraction of sp³-hybridized carbons (Fsp3) is 0.348. The zero-order chi connectivity index (χ0) is 22.0. The molecule has 0 bridgehead atoms. The van der Waals surface area contributed by atoms with Crippen molar-refractivity contribution in [1.82, 2.24) is 9.88 Å². The van der Waals surface area contributed by atoms with Crippen LogP contribution in [0.2, 0.25) is 0 Å². The number of methoxy groups -OCH3 is 2. The van der Waals surface area contributed by atoms with E-state index in [4.69, 9.17) is 14.2 Å². The van der Waals surface area contributed by atoms with Crippen LogP contribution in [0.5, 0.6) is 11.5 Å². The monoisotopic (exact) mass is 424 g/mol. The van der Waals surface area contributed by atoms with Gasteiger partial charge in [-0.1, -0.05) is 0 Å². The largest absolute Gasteiger partial charge is 0.507 e. The molecule has 0 aliphatic carbocycles. The molecule has 2 aromatic rings. The van der Waals surface area contributed by atoms with Crippen LogP contribution in [0.25, 0.3) is 5.76 Å². The van der Waals surface area contributed by atoms with Gasteiger partial charge in [0.1, 0.15) is 5.76 Å². The lowest BCUT2D eigenvalue weighted by molar-refractivity contribution is -0.140. The maximum atomic E-state index is 13.0. The van der Waals surface area contributed by atoms with Crippen LogP contribution in [0.3, 0.4) is 0 Å². The van der Waals surface area contributed by atoms with Crippen LogP contribution in [0.1, 0.15) is 30.0 Å². The van der Waals surface area contributed by atoms with Gasteiger partial charge >= 0.3 is 0 Å². The molecule has 1 aromatic heterocycles. The number of ether oxygens (including phenoxy) is 3. The second-order valence-corrected chi connectivity index (χ2v) is 7.44. The van der Waals surface area contributed by atoms with E-state index in [1.807, 2.05) is 0 Å². The smallest absolute Gasteiger partial charge is 0.295 e. The van der Waals surface area contributed by atoms with E-state index in [2.05, 4.69) is 4.98 Å². The Hall–Kier alpha value is -3.39. The lowest BCUT2D eigenvalue weighted by atomic mass is 9.95. The van der Waals surface area contributed by atoms with Crippen LogP contribution >= 0.6 is 0 Å². The molecule has 0 radical (unpaired) electrons. The molecular weight excluding hydrogens is 400 g/mol. The van der Waals surface area contributed by atoms with Gasteiger partial charge in [0, 0.05) is 31.1 Å². The van der Waals surface area contributed by atoms with Gasteiger partial charge in [0.05, 0.1) is 31.9 Å². The number of carbonyl (C=O) groups excluding carboxylic acids is 2. The molecule has 2 aliphatic rings. The Morgan fingerprint density at radius 2 is 1.90 bits per heavy atom. The summed E-state index contributed by atoms with van der Waals surface area (Å²) in [4.78, 5) is 31.5. The molecule has 0 spiro atoms. The maximum Gasteiger partial charge on any atom is 0.295 e. The second-order valence-electron chi connectivity index (χ2n) is 7.44. The minimum atomic E-state index is -0.736. The number of aromatic nitrogens is 1. The summed E-state index contributed by atoms with van der Waals surface area (Å²) >= 11 is 0. The number of Topliss-reactive ketones (excluding diaryl/α,β-unsaturated/α-hetero) is 1. The van der Waals surface area contributed by atoms with Gasteiger partial charge in [0.2, 0.25) is 0 Å². The van der Waals surface area contributed by atoms with Gasteiger partial charge in [-0.15, -0.1) is 0 Å². The number of amides is 1. The summed E-state index contributed by atoms with van der Waals surface area (Å²) in [6, 6.07) is 7.57. The average Bonchev–Trinajstić information content (AvgIpc) is 3.41. The standard InChI is InChI=1S/C23H24N2O6/c1-29-17-6-5-15(12-18(17)30-2)21(26)19-20(14-7-9-24-10-8-14)25(23(28)22(19)27)13-16-4-3-11-31-16/h5-10,12,16,20,26H,3-4,11,13H2,1-2H3/b21-19-. The second kappa shape index (κ2) is 8.77. The molecule has 162 valence electrons. The van der Waals surface area contributed by atoms with Gasteiger partial charge in [-0.25, -0.2) is 0 Å². The van der Waals surface area contributed by atoms with E-state index in [1.165, 1.54) is 19.1 Å². The first-order valence-electron chi connectivity index (χ1n) is 10.1. The summed E-state index contributed by atoms with van der Waals surface area (Å²) in [5.74, 6) is -0.758. The van der Waals surface area contributed by atoms with E-state index in [0.29, 0.717) is 29.2 Å². The van der Waals surface area contributed by atoms with Crippen LogP contribution in [-0.4, -0.2) is 60.2 Å². The van der Waals surface area contributed by atoms with Crippen molar-refractivity contribution >= 4 is 17.4 Å². The average molecular weight is 424 g/mol. The van der Waals surface area contributed by atoms with Crippen molar-refractivity contribution in [2.75, 3.05) is 27.4 Å². The summed E-state index contributed by atoms with van der Waals surface area (Å²) < 4.78 is 16.2. The number of hydrogen-bond acceptors (Lipinski definition) is 7. The predicted molar refractivity (Wildman–Crippen MR) is 112 cm³/mol. The lowest BCUT2D eigenvalue weighted by Gasteiger charge is -2.27. The number of carbonyl (C=O) groups is 2. The molecule has 1 aromatic carbocycles. The van der Waals surface area contributed by atoms with E-state index in [1.54, 1.807) is 42.7 Å². The molecule has 2 atom stereocenters. The molecule has 2 saturated heterocycles. The van der Waals surface area contributed by atoms with Crippen LogP contribution in [0.15, 0.2) is 48.3 Å². The lowest BCUT2D eigenvalue weighted by Crippen LogP contribution is -2.36. The molecule has 3 heterocycles. The Bertz CT molecular complexity index is 1010. The SMILES string of the molecule is COc1ccc(/C(O)=C2/C(=O)C(=O)N(CC3CCCO3)C2c2ccncc2)cc1OC. The van der Waals surface area contributed by atoms with Crippen LogP contribution in [-0.2, 0) is 14.3 Å².